The van der Waals surface area contributed by atoms with E-state index in [1.54, 1.807) is 11.8 Å². The fraction of sp³-hybridized carbons (Fsp3) is 0.200. The third-order valence-electron chi connectivity index (χ3n) is 3.00. The van der Waals surface area contributed by atoms with Gasteiger partial charge in [-0.15, -0.1) is 11.8 Å². The smallest absolute Gasteiger partial charge is 0.231 e. The van der Waals surface area contributed by atoms with Crippen molar-refractivity contribution >= 4 is 17.4 Å². The van der Waals surface area contributed by atoms with Gasteiger partial charge in [0.05, 0.1) is 0 Å². The van der Waals surface area contributed by atoms with Crippen molar-refractivity contribution in [1.29, 1.82) is 0 Å². The van der Waals surface area contributed by atoms with Crippen LogP contribution in [0.1, 0.15) is 5.56 Å². The lowest BCUT2D eigenvalue weighted by molar-refractivity contribution is 0.174. The number of hydrogen-bond acceptors (Lipinski definition) is 4. The van der Waals surface area contributed by atoms with Crippen molar-refractivity contribution in [2.45, 2.75) is 11.4 Å². The zero-order chi connectivity index (χ0) is 13.1. The number of nitrogens with one attached hydrogen (secondary N) is 1. The highest BCUT2D eigenvalue weighted by Crippen LogP contribution is 2.32. The van der Waals surface area contributed by atoms with Crippen LogP contribution in [0.3, 0.4) is 0 Å². The quantitative estimate of drug-likeness (QED) is 0.859. The number of hydrogen-bond donors (Lipinski definition) is 1. The van der Waals surface area contributed by atoms with Crippen LogP contribution in [0.4, 0.5) is 5.69 Å². The number of rotatable bonds is 4. The Morgan fingerprint density at radius 2 is 2.00 bits per heavy atom. The number of thioether (sulfide) groups is 1. The lowest BCUT2D eigenvalue weighted by Gasteiger charge is -2.08. The van der Waals surface area contributed by atoms with Gasteiger partial charge in [-0.25, -0.2) is 0 Å². The zero-order valence-electron chi connectivity index (χ0n) is 10.7. The molecule has 0 saturated heterocycles. The summed E-state index contributed by atoms with van der Waals surface area (Å²) in [4.78, 5) is 1.26. The average molecular weight is 273 g/mol. The summed E-state index contributed by atoms with van der Waals surface area (Å²) in [6, 6.07) is 14.4. The van der Waals surface area contributed by atoms with Crippen LogP contribution in [0.2, 0.25) is 0 Å². The molecule has 98 valence electrons. The van der Waals surface area contributed by atoms with Crippen molar-refractivity contribution in [1.82, 2.24) is 0 Å². The minimum absolute atomic E-state index is 0.321. The summed E-state index contributed by atoms with van der Waals surface area (Å²) in [5.41, 5.74) is 2.31. The molecule has 0 saturated carbocycles. The molecule has 0 aliphatic carbocycles. The summed E-state index contributed by atoms with van der Waals surface area (Å²) in [6.45, 7) is 1.09. The van der Waals surface area contributed by atoms with Gasteiger partial charge >= 0.3 is 0 Å². The van der Waals surface area contributed by atoms with Gasteiger partial charge in [0.2, 0.25) is 6.79 Å². The third kappa shape index (κ3) is 2.79. The van der Waals surface area contributed by atoms with E-state index in [-0.39, 0.29) is 0 Å². The first-order chi connectivity index (χ1) is 9.35. The van der Waals surface area contributed by atoms with Crippen LogP contribution in [0.25, 0.3) is 0 Å². The molecule has 0 fully saturated rings. The van der Waals surface area contributed by atoms with Gasteiger partial charge in [-0.2, -0.15) is 0 Å². The van der Waals surface area contributed by atoms with Gasteiger partial charge in [-0.05, 0) is 42.2 Å². The predicted octanol–water partition coefficient (Wildman–Crippen LogP) is 3.75. The van der Waals surface area contributed by atoms with Crippen molar-refractivity contribution in [3.63, 3.8) is 0 Å². The van der Waals surface area contributed by atoms with Crippen LogP contribution in [0.15, 0.2) is 47.4 Å². The Bertz CT molecular complexity index is 586. The Balaban J connectivity index is 1.68. The first-order valence-corrected chi connectivity index (χ1v) is 7.34. The summed E-state index contributed by atoms with van der Waals surface area (Å²) in [5, 5.41) is 3.42. The highest BCUT2D eigenvalue weighted by Gasteiger charge is 2.12. The first-order valence-electron chi connectivity index (χ1n) is 6.11. The van der Waals surface area contributed by atoms with Crippen molar-refractivity contribution in [3.05, 3.63) is 48.0 Å². The van der Waals surface area contributed by atoms with E-state index in [0.717, 1.165) is 23.7 Å². The van der Waals surface area contributed by atoms with E-state index in [2.05, 4.69) is 41.9 Å². The van der Waals surface area contributed by atoms with E-state index in [1.165, 1.54) is 10.5 Å². The van der Waals surface area contributed by atoms with E-state index in [9.17, 15) is 0 Å². The number of anilines is 1. The number of benzene rings is 2. The minimum Gasteiger partial charge on any atom is -0.454 e. The molecule has 0 bridgehead atoms. The molecule has 1 N–H and O–H groups in total. The molecule has 0 atom stereocenters. The maximum Gasteiger partial charge on any atom is 0.231 e. The van der Waals surface area contributed by atoms with Crippen LogP contribution in [-0.2, 0) is 6.54 Å². The summed E-state index contributed by atoms with van der Waals surface area (Å²) in [7, 11) is 0. The van der Waals surface area contributed by atoms with Crippen LogP contribution >= 0.6 is 11.8 Å². The van der Waals surface area contributed by atoms with Gasteiger partial charge in [0, 0.05) is 17.1 Å². The topological polar surface area (TPSA) is 30.5 Å². The van der Waals surface area contributed by atoms with Gasteiger partial charge in [-0.3, -0.25) is 0 Å². The highest BCUT2D eigenvalue weighted by atomic mass is 32.2. The van der Waals surface area contributed by atoms with E-state index >= 15 is 0 Å². The van der Waals surface area contributed by atoms with Crippen LogP contribution in [-0.4, -0.2) is 13.0 Å². The highest BCUT2D eigenvalue weighted by molar-refractivity contribution is 7.98. The Morgan fingerprint density at radius 1 is 1.11 bits per heavy atom. The third-order valence-corrected chi connectivity index (χ3v) is 3.73. The summed E-state index contributed by atoms with van der Waals surface area (Å²) in [6.07, 6.45) is 2.08. The Hall–Kier alpha value is -1.81. The molecule has 1 heterocycles. The molecule has 3 nitrogen and oxygen atoms in total. The molecule has 2 aromatic carbocycles. The first kappa shape index (κ1) is 12.2. The number of ether oxygens (including phenoxy) is 2. The molecular formula is C15H15NO2S. The Labute approximate surface area is 116 Å². The molecule has 0 radical (unpaired) electrons. The number of fused-ring (bicyclic) bond motifs is 1. The van der Waals surface area contributed by atoms with Gasteiger partial charge in [-0.1, -0.05) is 12.1 Å². The summed E-state index contributed by atoms with van der Waals surface area (Å²) in [5.74, 6) is 1.66. The summed E-state index contributed by atoms with van der Waals surface area (Å²) >= 11 is 1.74. The van der Waals surface area contributed by atoms with Gasteiger partial charge in [0.25, 0.3) is 0 Å². The molecule has 1 aliphatic rings. The van der Waals surface area contributed by atoms with E-state index in [4.69, 9.17) is 9.47 Å². The molecule has 1 aliphatic heterocycles. The molecule has 0 unspecified atom stereocenters. The van der Waals surface area contributed by atoms with Crippen LogP contribution in [0.5, 0.6) is 11.5 Å². The van der Waals surface area contributed by atoms with Gasteiger partial charge < -0.3 is 14.8 Å². The molecule has 19 heavy (non-hydrogen) atoms. The lowest BCUT2D eigenvalue weighted by atomic mass is 10.2. The summed E-state index contributed by atoms with van der Waals surface area (Å²) < 4.78 is 10.7. The minimum atomic E-state index is 0.321. The second-order valence-electron chi connectivity index (χ2n) is 4.27. The van der Waals surface area contributed by atoms with Crippen molar-refractivity contribution in [2.75, 3.05) is 18.4 Å². The second-order valence-corrected chi connectivity index (χ2v) is 5.15. The standard InChI is InChI=1S/C15H15NO2S/c1-19-13-4-2-3-12(8-13)16-9-11-5-6-14-15(7-11)18-10-17-14/h2-8,16H,9-10H2,1H3. The van der Waals surface area contributed by atoms with E-state index < -0.39 is 0 Å². The molecule has 2 aromatic rings. The molecule has 3 rings (SSSR count). The van der Waals surface area contributed by atoms with E-state index in [0.29, 0.717) is 6.79 Å². The van der Waals surface area contributed by atoms with E-state index in [1.807, 2.05) is 12.1 Å². The average Bonchev–Trinajstić information content (AvgIpc) is 2.93. The largest absolute Gasteiger partial charge is 0.454 e. The fourth-order valence-corrected chi connectivity index (χ4v) is 2.45. The molecule has 0 amide bonds. The Kier molecular flexibility index (Phi) is 3.51. The van der Waals surface area contributed by atoms with Crippen LogP contribution < -0.4 is 14.8 Å². The lowest BCUT2D eigenvalue weighted by Crippen LogP contribution is -1.99. The van der Waals surface area contributed by atoms with Crippen molar-refractivity contribution in [2.24, 2.45) is 0 Å². The SMILES string of the molecule is CSc1cccc(NCc2ccc3c(c2)OCO3)c1. The maximum absolute atomic E-state index is 5.37. The molecule has 0 aromatic heterocycles. The van der Waals surface area contributed by atoms with Crippen LogP contribution in [0, 0.1) is 0 Å². The molecular weight excluding hydrogens is 258 g/mol. The van der Waals surface area contributed by atoms with Crippen molar-refractivity contribution < 1.29 is 9.47 Å². The monoisotopic (exact) mass is 273 g/mol. The van der Waals surface area contributed by atoms with Crippen molar-refractivity contribution in [3.8, 4) is 11.5 Å². The maximum atomic E-state index is 5.37. The Morgan fingerprint density at radius 3 is 2.89 bits per heavy atom. The molecule has 0 spiro atoms. The predicted molar refractivity (Wildman–Crippen MR) is 78.1 cm³/mol. The fourth-order valence-electron chi connectivity index (χ4n) is 1.99. The van der Waals surface area contributed by atoms with Gasteiger partial charge in [0.1, 0.15) is 0 Å². The second kappa shape index (κ2) is 5.45. The molecule has 4 heteroatoms. The normalized spacial score (nSPS) is 12.5. The van der Waals surface area contributed by atoms with Gasteiger partial charge in [0.15, 0.2) is 11.5 Å². The zero-order valence-corrected chi connectivity index (χ0v) is 11.5.